The molecule has 1 aromatic heterocycles. The third kappa shape index (κ3) is 5.33. The van der Waals surface area contributed by atoms with Crippen molar-refractivity contribution in [1.29, 1.82) is 0 Å². The maximum atomic E-state index is 4.21. The van der Waals surface area contributed by atoms with Crippen LogP contribution in [0.4, 0.5) is 0 Å². The van der Waals surface area contributed by atoms with E-state index in [-0.39, 0.29) is 0 Å². The summed E-state index contributed by atoms with van der Waals surface area (Å²) in [6, 6.07) is 11.0. The van der Waals surface area contributed by atoms with Crippen molar-refractivity contribution in [3.8, 4) is 0 Å². The summed E-state index contributed by atoms with van der Waals surface area (Å²) in [5.41, 5.74) is 2.62. The summed E-state index contributed by atoms with van der Waals surface area (Å²) < 4.78 is 1.85. The van der Waals surface area contributed by atoms with Crippen LogP contribution in [0.25, 0.3) is 0 Å². The molecule has 4 nitrogen and oxygen atoms in total. The smallest absolute Gasteiger partial charge is 0.0537 e. The van der Waals surface area contributed by atoms with E-state index in [9.17, 15) is 0 Å². The number of aromatic nitrogens is 2. The number of nitrogens with one attached hydrogen (secondary N) is 1. The number of aryl methyl sites for hydroxylation is 1. The van der Waals surface area contributed by atoms with E-state index in [1.54, 1.807) is 0 Å². The number of rotatable bonds is 8. The van der Waals surface area contributed by atoms with Crippen LogP contribution in [0.5, 0.6) is 0 Å². The highest BCUT2D eigenvalue weighted by Gasteiger charge is 2.06. The van der Waals surface area contributed by atoms with Gasteiger partial charge in [0.2, 0.25) is 0 Å². The van der Waals surface area contributed by atoms with Crippen molar-refractivity contribution < 1.29 is 0 Å². The van der Waals surface area contributed by atoms with Crippen LogP contribution in [0.3, 0.4) is 0 Å². The lowest BCUT2D eigenvalue weighted by molar-refractivity contribution is 0.317. The highest BCUT2D eigenvalue weighted by Crippen LogP contribution is 2.10. The topological polar surface area (TPSA) is 33.1 Å². The molecule has 1 N–H and O–H groups in total. The molecule has 4 heteroatoms. The second-order valence-electron chi connectivity index (χ2n) is 5.70. The van der Waals surface area contributed by atoms with E-state index in [1.807, 2.05) is 17.9 Å². The van der Waals surface area contributed by atoms with Crippen LogP contribution >= 0.6 is 0 Å². The molecule has 0 saturated carbocycles. The van der Waals surface area contributed by atoms with E-state index >= 15 is 0 Å². The average Bonchev–Trinajstić information content (AvgIpc) is 2.91. The van der Waals surface area contributed by atoms with Gasteiger partial charge in [-0.05, 0) is 39.0 Å². The van der Waals surface area contributed by atoms with Gasteiger partial charge in [0.25, 0.3) is 0 Å². The average molecular weight is 286 g/mol. The Morgan fingerprint density at radius 2 is 2.05 bits per heavy atom. The summed E-state index contributed by atoms with van der Waals surface area (Å²) >= 11 is 0. The first kappa shape index (κ1) is 15.7. The molecule has 1 unspecified atom stereocenters. The summed E-state index contributed by atoms with van der Waals surface area (Å²) in [7, 11) is 4.13. The SMILES string of the molecule is CC(NCCCN(C)Cc1ccccc1)c1cnn(C)c1. The monoisotopic (exact) mass is 286 g/mol. The van der Waals surface area contributed by atoms with Crippen LogP contribution in [0.2, 0.25) is 0 Å². The van der Waals surface area contributed by atoms with Crippen LogP contribution in [-0.4, -0.2) is 34.8 Å². The fourth-order valence-electron chi connectivity index (χ4n) is 2.42. The second kappa shape index (κ2) is 7.96. The molecule has 1 aromatic carbocycles. The maximum Gasteiger partial charge on any atom is 0.0537 e. The van der Waals surface area contributed by atoms with Crippen LogP contribution in [0, 0.1) is 0 Å². The van der Waals surface area contributed by atoms with Crippen LogP contribution in [0.15, 0.2) is 42.7 Å². The van der Waals surface area contributed by atoms with E-state index in [0.29, 0.717) is 6.04 Å². The number of hydrogen-bond donors (Lipinski definition) is 1. The molecule has 0 fully saturated rings. The Labute approximate surface area is 127 Å². The lowest BCUT2D eigenvalue weighted by atomic mass is 10.2. The number of benzene rings is 1. The van der Waals surface area contributed by atoms with Crippen LogP contribution < -0.4 is 5.32 Å². The molecule has 1 heterocycles. The Kier molecular flexibility index (Phi) is 5.96. The lowest BCUT2D eigenvalue weighted by Crippen LogP contribution is -2.25. The maximum absolute atomic E-state index is 4.21. The summed E-state index contributed by atoms with van der Waals surface area (Å²) in [5, 5.41) is 7.76. The molecule has 0 amide bonds. The Bertz CT molecular complexity index is 521. The molecular weight excluding hydrogens is 260 g/mol. The normalized spacial score (nSPS) is 12.8. The second-order valence-corrected chi connectivity index (χ2v) is 5.70. The first-order valence-corrected chi connectivity index (χ1v) is 7.59. The van der Waals surface area contributed by atoms with Crippen molar-refractivity contribution >= 4 is 0 Å². The van der Waals surface area contributed by atoms with E-state index < -0.39 is 0 Å². The van der Waals surface area contributed by atoms with Crippen LogP contribution in [-0.2, 0) is 13.6 Å². The molecule has 0 bridgehead atoms. The minimum absolute atomic E-state index is 0.359. The highest BCUT2D eigenvalue weighted by atomic mass is 15.2. The van der Waals surface area contributed by atoms with Gasteiger partial charge in [0.1, 0.15) is 0 Å². The van der Waals surface area contributed by atoms with Crippen molar-refractivity contribution in [3.05, 3.63) is 53.9 Å². The van der Waals surface area contributed by atoms with Crippen molar-refractivity contribution in [2.45, 2.75) is 25.9 Å². The van der Waals surface area contributed by atoms with Gasteiger partial charge in [-0.25, -0.2) is 0 Å². The largest absolute Gasteiger partial charge is 0.310 e. The van der Waals surface area contributed by atoms with Gasteiger partial charge in [-0.3, -0.25) is 4.68 Å². The molecule has 114 valence electrons. The van der Waals surface area contributed by atoms with Gasteiger partial charge in [0, 0.05) is 31.4 Å². The van der Waals surface area contributed by atoms with E-state index in [1.165, 1.54) is 11.1 Å². The van der Waals surface area contributed by atoms with E-state index in [4.69, 9.17) is 0 Å². The fraction of sp³-hybridized carbons (Fsp3) is 0.471. The predicted molar refractivity (Wildman–Crippen MR) is 87.0 cm³/mol. The molecule has 0 aliphatic carbocycles. The van der Waals surface area contributed by atoms with Gasteiger partial charge in [-0.15, -0.1) is 0 Å². The van der Waals surface area contributed by atoms with E-state index in [2.05, 4.69) is 65.8 Å². The zero-order valence-electron chi connectivity index (χ0n) is 13.3. The van der Waals surface area contributed by atoms with Gasteiger partial charge in [-0.2, -0.15) is 5.10 Å². The minimum Gasteiger partial charge on any atom is -0.310 e. The van der Waals surface area contributed by atoms with Gasteiger partial charge < -0.3 is 10.2 Å². The summed E-state index contributed by atoms with van der Waals surface area (Å²) in [4.78, 5) is 2.37. The standard InChI is InChI=1S/C17H26N4/c1-15(17-12-19-21(3)14-17)18-10-7-11-20(2)13-16-8-5-4-6-9-16/h4-6,8-9,12,14-15,18H,7,10-11,13H2,1-3H3. The van der Waals surface area contributed by atoms with Gasteiger partial charge in [0.15, 0.2) is 0 Å². The van der Waals surface area contributed by atoms with Gasteiger partial charge >= 0.3 is 0 Å². The molecular formula is C17H26N4. The summed E-state index contributed by atoms with van der Waals surface area (Å²) in [6.45, 7) is 5.32. The van der Waals surface area contributed by atoms with Crippen molar-refractivity contribution in [3.63, 3.8) is 0 Å². The van der Waals surface area contributed by atoms with Crippen LogP contribution in [0.1, 0.15) is 30.5 Å². The zero-order chi connectivity index (χ0) is 15.1. The molecule has 21 heavy (non-hydrogen) atoms. The minimum atomic E-state index is 0.359. The molecule has 0 saturated heterocycles. The molecule has 0 aliphatic rings. The lowest BCUT2D eigenvalue weighted by Gasteiger charge is -2.18. The Morgan fingerprint density at radius 1 is 1.29 bits per heavy atom. The van der Waals surface area contributed by atoms with Crippen molar-refractivity contribution in [2.24, 2.45) is 7.05 Å². The predicted octanol–water partition coefficient (Wildman–Crippen LogP) is 2.59. The molecule has 2 aromatic rings. The Balaban J connectivity index is 1.63. The van der Waals surface area contributed by atoms with Crippen molar-refractivity contribution in [1.82, 2.24) is 20.0 Å². The highest BCUT2D eigenvalue weighted by molar-refractivity contribution is 5.14. The molecule has 0 spiro atoms. The fourth-order valence-corrected chi connectivity index (χ4v) is 2.42. The van der Waals surface area contributed by atoms with Crippen molar-refractivity contribution in [2.75, 3.05) is 20.1 Å². The molecule has 0 aliphatic heterocycles. The first-order chi connectivity index (χ1) is 10.1. The van der Waals surface area contributed by atoms with E-state index in [0.717, 1.165) is 26.1 Å². The number of nitrogens with zero attached hydrogens (tertiary/aromatic N) is 3. The van der Waals surface area contributed by atoms with Gasteiger partial charge in [-0.1, -0.05) is 30.3 Å². The summed E-state index contributed by atoms with van der Waals surface area (Å²) in [5.74, 6) is 0. The third-order valence-electron chi connectivity index (χ3n) is 3.69. The Hall–Kier alpha value is -1.65. The molecule has 0 radical (unpaired) electrons. The van der Waals surface area contributed by atoms with Gasteiger partial charge in [0.05, 0.1) is 6.20 Å². The zero-order valence-corrected chi connectivity index (χ0v) is 13.3. The summed E-state index contributed by atoms with van der Waals surface area (Å²) in [6.07, 6.45) is 5.15. The Morgan fingerprint density at radius 3 is 2.71 bits per heavy atom. The molecule has 1 atom stereocenters. The number of hydrogen-bond acceptors (Lipinski definition) is 3. The first-order valence-electron chi connectivity index (χ1n) is 7.59. The molecule has 2 rings (SSSR count). The quantitative estimate of drug-likeness (QED) is 0.757. The third-order valence-corrected chi connectivity index (χ3v) is 3.69.